The van der Waals surface area contributed by atoms with Crippen LogP contribution in [0.1, 0.15) is 0 Å². The number of imidazole rings is 1. The molecule has 0 saturated heterocycles. The Morgan fingerprint density at radius 1 is 0.529 bits per heavy atom. The summed E-state index contributed by atoms with van der Waals surface area (Å²) in [5.74, 6) is 0. The number of hydrogen-bond donors (Lipinski definition) is 0. The van der Waals surface area contributed by atoms with Gasteiger partial charge in [-0.25, -0.2) is 4.98 Å². The SMILES string of the molecule is Cn1ccnc1.c1ccc(P(CCP(c2ccccc2)c2ccccc2)c2ccccc2)cc1. The van der Waals surface area contributed by atoms with Crippen LogP contribution in [0.2, 0.25) is 0 Å². The van der Waals surface area contributed by atoms with Crippen LogP contribution in [0.5, 0.6) is 0 Å². The van der Waals surface area contributed by atoms with Gasteiger partial charge < -0.3 is 4.57 Å². The molecule has 0 spiro atoms. The smallest absolute Gasteiger partial charge is 0.0943 e. The Labute approximate surface area is 205 Å². The monoisotopic (exact) mass is 480 g/mol. The minimum Gasteiger partial charge on any atom is -0.341 e. The van der Waals surface area contributed by atoms with Gasteiger partial charge in [0.2, 0.25) is 0 Å². The molecule has 0 unspecified atom stereocenters. The second-order valence-corrected chi connectivity index (χ2v) is 12.5. The topological polar surface area (TPSA) is 17.8 Å². The lowest BCUT2D eigenvalue weighted by Gasteiger charge is -2.24. The molecule has 34 heavy (non-hydrogen) atoms. The molecular weight excluding hydrogens is 450 g/mol. The number of aryl methyl sites for hydroxylation is 1. The van der Waals surface area contributed by atoms with E-state index in [9.17, 15) is 0 Å². The van der Waals surface area contributed by atoms with Gasteiger partial charge in [0.1, 0.15) is 0 Å². The van der Waals surface area contributed by atoms with Crippen molar-refractivity contribution in [2.24, 2.45) is 7.05 Å². The fourth-order valence-electron chi connectivity index (χ4n) is 3.77. The highest BCUT2D eigenvalue weighted by molar-refractivity contribution is 7.76. The maximum atomic E-state index is 3.78. The zero-order chi connectivity index (χ0) is 23.4. The van der Waals surface area contributed by atoms with Crippen molar-refractivity contribution in [3.63, 3.8) is 0 Å². The van der Waals surface area contributed by atoms with E-state index in [1.54, 1.807) is 12.5 Å². The summed E-state index contributed by atoms with van der Waals surface area (Å²) < 4.78 is 1.89. The second kappa shape index (κ2) is 13.0. The molecule has 1 heterocycles. The van der Waals surface area contributed by atoms with Crippen LogP contribution in [0.4, 0.5) is 0 Å². The molecule has 0 atom stereocenters. The number of rotatable bonds is 7. The van der Waals surface area contributed by atoms with E-state index in [4.69, 9.17) is 0 Å². The molecule has 0 fully saturated rings. The van der Waals surface area contributed by atoms with Crippen LogP contribution in [0.25, 0.3) is 0 Å². The summed E-state index contributed by atoms with van der Waals surface area (Å²) in [6, 6.07) is 44.2. The van der Waals surface area contributed by atoms with Crippen LogP contribution in [0.15, 0.2) is 140 Å². The van der Waals surface area contributed by atoms with Crippen molar-refractivity contribution in [3.8, 4) is 0 Å². The first kappa shape index (κ1) is 24.1. The average Bonchev–Trinajstić information content (AvgIpc) is 3.40. The Morgan fingerprint density at radius 3 is 1.06 bits per heavy atom. The van der Waals surface area contributed by atoms with Crippen LogP contribution in [0, 0.1) is 0 Å². The Bertz CT molecular complexity index is 1030. The van der Waals surface area contributed by atoms with Crippen LogP contribution in [0.3, 0.4) is 0 Å². The van der Waals surface area contributed by atoms with Gasteiger partial charge in [-0.15, -0.1) is 0 Å². The third kappa shape index (κ3) is 6.97. The lowest BCUT2D eigenvalue weighted by Crippen LogP contribution is -2.19. The third-order valence-electron chi connectivity index (χ3n) is 5.46. The molecule has 0 aliphatic heterocycles. The molecule has 5 aromatic rings. The van der Waals surface area contributed by atoms with Crippen molar-refractivity contribution in [2.75, 3.05) is 12.3 Å². The van der Waals surface area contributed by atoms with E-state index in [0.717, 1.165) is 0 Å². The van der Waals surface area contributed by atoms with E-state index in [-0.39, 0.29) is 15.8 Å². The van der Waals surface area contributed by atoms with E-state index in [1.807, 2.05) is 17.8 Å². The van der Waals surface area contributed by atoms with Gasteiger partial charge in [0.15, 0.2) is 0 Å². The van der Waals surface area contributed by atoms with Gasteiger partial charge in [0.05, 0.1) is 6.33 Å². The summed E-state index contributed by atoms with van der Waals surface area (Å²) in [5.41, 5.74) is 0. The molecule has 0 aliphatic carbocycles. The first-order valence-electron chi connectivity index (χ1n) is 11.5. The summed E-state index contributed by atoms with van der Waals surface area (Å²) in [6.45, 7) is 0. The Hall–Kier alpha value is -3.05. The van der Waals surface area contributed by atoms with E-state index >= 15 is 0 Å². The molecule has 0 radical (unpaired) electrons. The molecular formula is C30H30N2P2. The minimum atomic E-state index is -0.348. The molecule has 0 bridgehead atoms. The van der Waals surface area contributed by atoms with E-state index in [0.29, 0.717) is 0 Å². The van der Waals surface area contributed by atoms with Gasteiger partial charge in [0.25, 0.3) is 0 Å². The maximum absolute atomic E-state index is 3.78. The van der Waals surface area contributed by atoms with E-state index in [1.165, 1.54) is 33.5 Å². The standard InChI is InChI=1S/C26H24P2.C4H6N2/c1-5-13-23(14-6-1)27(24-15-7-2-8-16-24)21-22-28(25-17-9-3-10-18-25)26-19-11-4-12-20-26;1-6-3-2-5-4-6/h1-20H,21-22H2;2-4H,1H3. The van der Waals surface area contributed by atoms with E-state index < -0.39 is 0 Å². The van der Waals surface area contributed by atoms with Crippen molar-refractivity contribution in [1.82, 2.24) is 9.55 Å². The second-order valence-electron chi connectivity index (χ2n) is 7.87. The fourth-order valence-corrected chi connectivity index (χ4v) is 9.13. The van der Waals surface area contributed by atoms with Gasteiger partial charge >= 0.3 is 0 Å². The quantitative estimate of drug-likeness (QED) is 0.275. The molecule has 0 saturated carbocycles. The van der Waals surface area contributed by atoms with E-state index in [2.05, 4.69) is 126 Å². The summed E-state index contributed by atoms with van der Waals surface area (Å²) in [4.78, 5) is 3.78. The van der Waals surface area contributed by atoms with Crippen molar-refractivity contribution < 1.29 is 0 Å². The molecule has 0 amide bonds. The van der Waals surface area contributed by atoms with Crippen molar-refractivity contribution in [2.45, 2.75) is 0 Å². The highest BCUT2D eigenvalue weighted by Gasteiger charge is 2.19. The summed E-state index contributed by atoms with van der Waals surface area (Å²) >= 11 is 0. The molecule has 0 N–H and O–H groups in total. The molecule has 0 aliphatic rings. The number of hydrogen-bond acceptors (Lipinski definition) is 1. The van der Waals surface area contributed by atoms with Gasteiger partial charge in [0, 0.05) is 19.4 Å². The average molecular weight is 481 g/mol. The van der Waals surface area contributed by atoms with Crippen LogP contribution >= 0.6 is 15.8 Å². The van der Waals surface area contributed by atoms with Gasteiger partial charge in [-0.1, -0.05) is 121 Å². The first-order valence-corrected chi connectivity index (χ1v) is 14.5. The van der Waals surface area contributed by atoms with Gasteiger partial charge in [-0.05, 0) is 49.4 Å². The number of benzene rings is 4. The summed E-state index contributed by atoms with van der Waals surface area (Å²) in [7, 11) is 1.24. The summed E-state index contributed by atoms with van der Waals surface area (Å²) in [5, 5.41) is 5.89. The molecule has 5 rings (SSSR count). The summed E-state index contributed by atoms with van der Waals surface area (Å²) in [6.07, 6.45) is 7.80. The van der Waals surface area contributed by atoms with Crippen LogP contribution in [-0.4, -0.2) is 21.9 Å². The first-order chi connectivity index (χ1) is 16.8. The third-order valence-corrected chi connectivity index (χ3v) is 10.8. The Balaban J connectivity index is 0.000000398. The molecule has 4 heteroatoms. The fraction of sp³-hybridized carbons (Fsp3) is 0.100. The highest BCUT2D eigenvalue weighted by Crippen LogP contribution is 2.41. The Kier molecular flexibility index (Phi) is 9.21. The van der Waals surface area contributed by atoms with Gasteiger partial charge in [-0.2, -0.15) is 0 Å². The molecule has 2 nitrogen and oxygen atoms in total. The normalized spacial score (nSPS) is 10.7. The highest BCUT2D eigenvalue weighted by atomic mass is 31.1. The molecule has 1 aromatic heterocycles. The predicted molar refractivity (Wildman–Crippen MR) is 151 cm³/mol. The largest absolute Gasteiger partial charge is 0.341 e. The van der Waals surface area contributed by atoms with Gasteiger partial charge in [-0.3, -0.25) is 0 Å². The number of nitrogens with zero attached hydrogens (tertiary/aromatic N) is 2. The Morgan fingerprint density at radius 2 is 0.853 bits per heavy atom. The molecule has 170 valence electrons. The predicted octanol–water partition coefficient (Wildman–Crippen LogP) is 5.67. The lowest BCUT2D eigenvalue weighted by molar-refractivity contribution is 0.913. The minimum absolute atomic E-state index is 0.348. The van der Waals surface area contributed by atoms with Crippen molar-refractivity contribution in [3.05, 3.63) is 140 Å². The molecule has 4 aromatic carbocycles. The zero-order valence-electron chi connectivity index (χ0n) is 19.5. The van der Waals surface area contributed by atoms with Crippen molar-refractivity contribution in [1.29, 1.82) is 0 Å². The lowest BCUT2D eigenvalue weighted by atomic mass is 10.4. The zero-order valence-corrected chi connectivity index (χ0v) is 21.3. The number of aromatic nitrogens is 2. The van der Waals surface area contributed by atoms with Crippen LogP contribution in [-0.2, 0) is 7.05 Å². The van der Waals surface area contributed by atoms with Crippen LogP contribution < -0.4 is 21.2 Å². The maximum Gasteiger partial charge on any atom is 0.0943 e. The van der Waals surface area contributed by atoms with Crippen molar-refractivity contribution >= 4 is 37.1 Å².